The number of aromatic amines is 1. The van der Waals surface area contributed by atoms with Crippen molar-refractivity contribution >= 4 is 23.6 Å². The first-order valence-corrected chi connectivity index (χ1v) is 9.59. The lowest BCUT2D eigenvalue weighted by molar-refractivity contribution is -0.119. The third-order valence-electron chi connectivity index (χ3n) is 3.97. The summed E-state index contributed by atoms with van der Waals surface area (Å²) < 4.78 is 7.05. The number of H-pyrrole nitrogens is 1. The van der Waals surface area contributed by atoms with Crippen LogP contribution in [0.15, 0.2) is 48.8 Å². The van der Waals surface area contributed by atoms with Crippen molar-refractivity contribution in [3.63, 3.8) is 0 Å². The minimum atomic E-state index is -0.291. The Morgan fingerprint density at radius 2 is 2.04 bits per heavy atom. The molecule has 2 aromatic heterocycles. The number of ether oxygens (including phenoxy) is 1. The van der Waals surface area contributed by atoms with Crippen LogP contribution in [0.2, 0.25) is 0 Å². The van der Waals surface area contributed by atoms with Gasteiger partial charge in [0.05, 0.1) is 7.11 Å². The first kappa shape index (κ1) is 18.1. The Morgan fingerprint density at radius 1 is 1.31 bits per heavy atom. The maximum absolute atomic E-state index is 12.7. The predicted octanol–water partition coefficient (Wildman–Crippen LogP) is 3.21. The van der Waals surface area contributed by atoms with E-state index in [1.54, 1.807) is 18.9 Å². The zero-order chi connectivity index (χ0) is 18.4. The molecule has 3 aromatic rings. The summed E-state index contributed by atoms with van der Waals surface area (Å²) in [5.74, 6) is 2.38. The Bertz CT molecular complexity index is 830. The van der Waals surface area contributed by atoms with Crippen molar-refractivity contribution in [3.05, 3.63) is 48.8 Å². The Morgan fingerprint density at radius 3 is 2.69 bits per heavy atom. The van der Waals surface area contributed by atoms with Crippen molar-refractivity contribution in [2.24, 2.45) is 0 Å². The van der Waals surface area contributed by atoms with Gasteiger partial charge in [0.15, 0.2) is 5.82 Å². The normalized spacial score (nSPS) is 11.9. The summed E-state index contributed by atoms with van der Waals surface area (Å²) in [5.41, 5.74) is 0.864. The Kier molecular flexibility index (Phi) is 5.96. The van der Waals surface area contributed by atoms with Crippen LogP contribution < -0.4 is 10.1 Å². The van der Waals surface area contributed by atoms with Crippen LogP contribution >= 0.6 is 11.8 Å². The third kappa shape index (κ3) is 4.26. The van der Waals surface area contributed by atoms with Gasteiger partial charge >= 0.3 is 0 Å². The van der Waals surface area contributed by atoms with E-state index in [1.165, 1.54) is 0 Å². The summed E-state index contributed by atoms with van der Waals surface area (Å²) >= 11 is 1.71. The van der Waals surface area contributed by atoms with E-state index in [-0.39, 0.29) is 17.9 Å². The maximum Gasteiger partial charge on any atom is 0.249 e. The first-order valence-electron chi connectivity index (χ1n) is 8.20. The van der Waals surface area contributed by atoms with Crippen LogP contribution in [0.5, 0.6) is 5.75 Å². The Balaban J connectivity index is 1.71. The first-order chi connectivity index (χ1) is 12.7. The van der Waals surface area contributed by atoms with Crippen molar-refractivity contribution < 1.29 is 9.53 Å². The zero-order valence-electron chi connectivity index (χ0n) is 14.7. The van der Waals surface area contributed by atoms with Crippen molar-refractivity contribution in [2.45, 2.75) is 12.5 Å². The molecule has 136 valence electrons. The van der Waals surface area contributed by atoms with Crippen LogP contribution in [0.4, 0.5) is 5.95 Å². The minimum absolute atomic E-state index is 0.129. The number of thioether (sulfide) groups is 1. The van der Waals surface area contributed by atoms with Gasteiger partial charge < -0.3 is 9.30 Å². The predicted molar refractivity (Wildman–Crippen MR) is 103 cm³/mol. The van der Waals surface area contributed by atoms with Gasteiger partial charge in [-0.3, -0.25) is 15.2 Å². The van der Waals surface area contributed by atoms with E-state index in [9.17, 15) is 4.79 Å². The number of carbonyl (C=O) groups is 1. The molecule has 0 aliphatic carbocycles. The Hall–Kier alpha value is -2.74. The van der Waals surface area contributed by atoms with Crippen molar-refractivity contribution in [2.75, 3.05) is 24.4 Å². The molecule has 1 amide bonds. The fourth-order valence-corrected chi connectivity index (χ4v) is 3.05. The molecule has 7 nitrogen and oxygen atoms in total. The average Bonchev–Trinajstić information content (AvgIpc) is 3.34. The van der Waals surface area contributed by atoms with E-state index in [4.69, 9.17) is 4.74 Å². The highest BCUT2D eigenvalue weighted by Crippen LogP contribution is 2.21. The van der Waals surface area contributed by atoms with Gasteiger partial charge in [-0.1, -0.05) is 0 Å². The zero-order valence-corrected chi connectivity index (χ0v) is 15.5. The fraction of sp³-hybridized carbons (Fsp3) is 0.278. The van der Waals surface area contributed by atoms with E-state index < -0.39 is 0 Å². The molecule has 2 heterocycles. The third-order valence-corrected chi connectivity index (χ3v) is 4.61. The lowest BCUT2D eigenvalue weighted by atomic mass is 10.2. The molecule has 26 heavy (non-hydrogen) atoms. The molecule has 1 aromatic carbocycles. The summed E-state index contributed by atoms with van der Waals surface area (Å²) in [5, 5.41) is 9.76. The highest BCUT2D eigenvalue weighted by Gasteiger charge is 2.21. The summed E-state index contributed by atoms with van der Waals surface area (Å²) in [7, 11) is 1.62. The van der Waals surface area contributed by atoms with Crippen molar-refractivity contribution in [1.82, 2.24) is 19.7 Å². The van der Waals surface area contributed by atoms with E-state index in [0.717, 1.165) is 23.5 Å². The van der Waals surface area contributed by atoms with Crippen LogP contribution in [-0.4, -0.2) is 44.8 Å². The number of carbonyl (C=O) groups excluding carboxylic acids is 1. The van der Waals surface area contributed by atoms with Gasteiger partial charge in [0.2, 0.25) is 11.9 Å². The lowest BCUT2D eigenvalue weighted by Gasteiger charge is -2.17. The molecule has 0 bridgehead atoms. The molecule has 0 saturated heterocycles. The summed E-state index contributed by atoms with van der Waals surface area (Å²) in [6.07, 6.45) is 6.55. The van der Waals surface area contributed by atoms with Gasteiger partial charge in [0, 0.05) is 18.0 Å². The van der Waals surface area contributed by atoms with Crippen LogP contribution in [0.25, 0.3) is 11.4 Å². The average molecular weight is 371 g/mol. The number of anilines is 1. The molecule has 0 saturated carbocycles. The summed E-state index contributed by atoms with van der Waals surface area (Å²) in [4.78, 5) is 17.1. The maximum atomic E-state index is 12.7. The fourth-order valence-electron chi connectivity index (χ4n) is 2.59. The van der Waals surface area contributed by atoms with Crippen LogP contribution in [0.3, 0.4) is 0 Å². The largest absolute Gasteiger partial charge is 0.497 e. The van der Waals surface area contributed by atoms with E-state index >= 15 is 0 Å². The Labute approximate surface area is 156 Å². The molecule has 0 aliphatic rings. The monoisotopic (exact) mass is 371 g/mol. The number of rotatable bonds is 8. The standard InChI is InChI=1S/C18H21N5O2S/c1-25-14-7-5-13(6-8-14)16-19-18(22-21-16)20-17(24)15(9-12-26-2)23-10-3-4-11-23/h3-8,10-11,15H,9,12H2,1-2H3,(H2,19,20,21,22,24). The molecule has 8 heteroatoms. The SMILES string of the molecule is COc1ccc(-c2nc(NC(=O)C(CCSC)n3cccc3)n[nH]2)cc1. The van der Waals surface area contributed by atoms with Gasteiger partial charge in [-0.25, -0.2) is 0 Å². The number of methoxy groups -OCH3 is 1. The second kappa shape index (κ2) is 8.57. The van der Waals surface area contributed by atoms with Crippen LogP contribution in [0.1, 0.15) is 12.5 Å². The van der Waals surface area contributed by atoms with Gasteiger partial charge in [-0.05, 0) is 54.8 Å². The lowest BCUT2D eigenvalue weighted by Crippen LogP contribution is -2.26. The quantitative estimate of drug-likeness (QED) is 0.635. The molecule has 0 spiro atoms. The van der Waals surface area contributed by atoms with Gasteiger partial charge in [0.25, 0.3) is 0 Å². The number of aromatic nitrogens is 4. The molecule has 2 N–H and O–H groups in total. The summed E-state index contributed by atoms with van der Waals surface area (Å²) in [6, 6.07) is 11.0. The number of nitrogens with one attached hydrogen (secondary N) is 2. The molecule has 1 atom stereocenters. The second-order valence-corrected chi connectivity index (χ2v) is 6.64. The second-order valence-electron chi connectivity index (χ2n) is 5.65. The smallest absolute Gasteiger partial charge is 0.249 e. The van der Waals surface area contributed by atoms with Crippen molar-refractivity contribution in [3.8, 4) is 17.1 Å². The topological polar surface area (TPSA) is 84.8 Å². The van der Waals surface area contributed by atoms with Crippen LogP contribution in [-0.2, 0) is 4.79 Å². The van der Waals surface area contributed by atoms with E-state index in [0.29, 0.717) is 5.82 Å². The molecule has 0 fully saturated rings. The molecule has 3 rings (SSSR count). The van der Waals surface area contributed by atoms with Crippen LogP contribution in [0, 0.1) is 0 Å². The highest BCUT2D eigenvalue weighted by atomic mass is 32.2. The number of hydrogen-bond donors (Lipinski definition) is 2. The number of benzene rings is 1. The molecular weight excluding hydrogens is 350 g/mol. The van der Waals surface area contributed by atoms with E-state index in [1.807, 2.05) is 59.6 Å². The molecule has 0 radical (unpaired) electrons. The highest BCUT2D eigenvalue weighted by molar-refractivity contribution is 7.98. The summed E-state index contributed by atoms with van der Waals surface area (Å²) in [6.45, 7) is 0. The van der Waals surface area contributed by atoms with Crippen molar-refractivity contribution in [1.29, 1.82) is 0 Å². The minimum Gasteiger partial charge on any atom is -0.497 e. The van der Waals surface area contributed by atoms with Gasteiger partial charge in [-0.15, -0.1) is 5.10 Å². The molecular formula is C18H21N5O2S. The molecule has 0 aliphatic heterocycles. The van der Waals surface area contributed by atoms with Gasteiger partial charge in [0.1, 0.15) is 11.8 Å². The van der Waals surface area contributed by atoms with Gasteiger partial charge in [-0.2, -0.15) is 16.7 Å². The number of amides is 1. The number of hydrogen-bond acceptors (Lipinski definition) is 5. The number of nitrogens with zero attached hydrogens (tertiary/aromatic N) is 3. The molecule has 1 unspecified atom stereocenters. The van der Waals surface area contributed by atoms with E-state index in [2.05, 4.69) is 20.5 Å².